The van der Waals surface area contributed by atoms with Crippen LogP contribution in [0.4, 0.5) is 0 Å². The SMILES string of the molecule is COc1cccc(Oc2nc3cccnc3nc2C#Cc2oc3ccc(C)cc3c2-c2ccccc2)c1. The molecule has 3 heterocycles. The number of ether oxygens (including phenoxy) is 2. The molecule has 3 aromatic heterocycles. The highest BCUT2D eigenvalue weighted by molar-refractivity contribution is 5.97. The van der Waals surface area contributed by atoms with Crippen LogP contribution in [0.2, 0.25) is 0 Å². The summed E-state index contributed by atoms with van der Waals surface area (Å²) in [5, 5.41) is 1.01. The molecule has 0 fully saturated rings. The van der Waals surface area contributed by atoms with Crippen molar-refractivity contribution in [1.29, 1.82) is 0 Å². The number of fused-ring (bicyclic) bond motifs is 2. The van der Waals surface area contributed by atoms with E-state index in [-0.39, 0.29) is 5.88 Å². The predicted molar refractivity (Wildman–Crippen MR) is 143 cm³/mol. The number of benzene rings is 3. The van der Waals surface area contributed by atoms with Crippen molar-refractivity contribution in [3.8, 4) is 40.3 Å². The zero-order valence-electron chi connectivity index (χ0n) is 20.2. The van der Waals surface area contributed by atoms with Crippen LogP contribution in [-0.2, 0) is 0 Å². The highest BCUT2D eigenvalue weighted by Gasteiger charge is 2.16. The molecule has 0 bridgehead atoms. The van der Waals surface area contributed by atoms with Gasteiger partial charge in [-0.25, -0.2) is 15.0 Å². The van der Waals surface area contributed by atoms with E-state index in [4.69, 9.17) is 13.9 Å². The fourth-order valence-electron chi connectivity index (χ4n) is 4.11. The first-order valence-electron chi connectivity index (χ1n) is 11.7. The quantitative estimate of drug-likeness (QED) is 0.253. The molecule has 0 radical (unpaired) electrons. The third-order valence-corrected chi connectivity index (χ3v) is 5.86. The van der Waals surface area contributed by atoms with E-state index in [9.17, 15) is 0 Å². The summed E-state index contributed by atoms with van der Waals surface area (Å²) in [6.07, 6.45) is 1.67. The molecule has 0 saturated carbocycles. The Hall–Kier alpha value is -5.15. The second kappa shape index (κ2) is 9.48. The maximum atomic E-state index is 6.21. The van der Waals surface area contributed by atoms with Crippen LogP contribution >= 0.6 is 0 Å². The highest BCUT2D eigenvalue weighted by atomic mass is 16.5. The Balaban J connectivity index is 1.51. The molecule has 6 aromatic rings. The van der Waals surface area contributed by atoms with Gasteiger partial charge in [-0.3, -0.25) is 0 Å². The molecule has 6 heteroatoms. The lowest BCUT2D eigenvalue weighted by molar-refractivity contribution is 0.407. The lowest BCUT2D eigenvalue weighted by atomic mass is 10.0. The van der Waals surface area contributed by atoms with Crippen molar-refractivity contribution in [3.05, 3.63) is 108 Å². The van der Waals surface area contributed by atoms with E-state index in [0.717, 1.165) is 27.7 Å². The standard InChI is InChI=1S/C31H21N3O3/c1-20-13-15-27-24(18-20)29(21-8-4-3-5-9-21)28(37-27)16-14-26-31(34-25-12-7-17-32-30(25)33-26)36-23-11-6-10-22(19-23)35-2/h3-13,15,17-19H,1-2H3. The summed E-state index contributed by atoms with van der Waals surface area (Å²) >= 11 is 0. The minimum Gasteiger partial charge on any atom is -0.497 e. The van der Waals surface area contributed by atoms with E-state index in [1.165, 1.54) is 0 Å². The Labute approximate surface area is 213 Å². The van der Waals surface area contributed by atoms with Crippen molar-refractivity contribution in [2.45, 2.75) is 6.92 Å². The van der Waals surface area contributed by atoms with E-state index in [1.54, 1.807) is 25.4 Å². The molecule has 178 valence electrons. The summed E-state index contributed by atoms with van der Waals surface area (Å²) < 4.78 is 17.7. The minimum atomic E-state index is 0.273. The molecule has 0 atom stereocenters. The average molecular weight is 484 g/mol. The average Bonchev–Trinajstić information content (AvgIpc) is 3.29. The summed E-state index contributed by atoms with van der Waals surface area (Å²) in [7, 11) is 1.61. The van der Waals surface area contributed by atoms with Crippen LogP contribution < -0.4 is 9.47 Å². The normalized spacial score (nSPS) is 10.8. The van der Waals surface area contributed by atoms with Crippen LogP contribution in [0.3, 0.4) is 0 Å². The Kier molecular flexibility index (Phi) is 5.72. The third kappa shape index (κ3) is 4.46. The van der Waals surface area contributed by atoms with Crippen molar-refractivity contribution in [3.63, 3.8) is 0 Å². The smallest absolute Gasteiger partial charge is 0.255 e. The van der Waals surface area contributed by atoms with Gasteiger partial charge in [-0.05, 0) is 60.7 Å². The van der Waals surface area contributed by atoms with Gasteiger partial charge in [-0.2, -0.15) is 0 Å². The zero-order chi connectivity index (χ0) is 25.2. The molecule has 0 spiro atoms. The van der Waals surface area contributed by atoms with E-state index >= 15 is 0 Å². The summed E-state index contributed by atoms with van der Waals surface area (Å²) in [6, 6.07) is 27.1. The van der Waals surface area contributed by atoms with Gasteiger partial charge in [0.2, 0.25) is 0 Å². The molecule has 0 amide bonds. The first-order valence-corrected chi connectivity index (χ1v) is 11.7. The molecule has 0 N–H and O–H groups in total. The van der Waals surface area contributed by atoms with Gasteiger partial charge in [-0.1, -0.05) is 48.0 Å². The maximum Gasteiger partial charge on any atom is 0.255 e. The molecule has 0 aliphatic rings. The van der Waals surface area contributed by atoms with Crippen LogP contribution in [0.25, 0.3) is 33.3 Å². The molecular formula is C31H21N3O3. The van der Waals surface area contributed by atoms with Gasteiger partial charge < -0.3 is 13.9 Å². The number of furan rings is 1. The summed E-state index contributed by atoms with van der Waals surface area (Å²) in [6.45, 7) is 2.06. The van der Waals surface area contributed by atoms with Crippen molar-refractivity contribution in [2.24, 2.45) is 0 Å². The summed E-state index contributed by atoms with van der Waals surface area (Å²) in [4.78, 5) is 13.6. The molecule has 0 unspecified atom stereocenters. The van der Waals surface area contributed by atoms with E-state index in [0.29, 0.717) is 34.1 Å². The first-order chi connectivity index (χ1) is 18.2. The lowest BCUT2D eigenvalue weighted by Crippen LogP contribution is -1.98. The molecule has 6 rings (SSSR count). The van der Waals surface area contributed by atoms with Crippen molar-refractivity contribution < 1.29 is 13.9 Å². The number of nitrogens with zero attached hydrogens (tertiary/aromatic N) is 3. The van der Waals surface area contributed by atoms with Gasteiger partial charge >= 0.3 is 0 Å². The second-order valence-electron chi connectivity index (χ2n) is 8.43. The number of pyridine rings is 1. The molecule has 37 heavy (non-hydrogen) atoms. The van der Waals surface area contributed by atoms with Crippen molar-refractivity contribution in [1.82, 2.24) is 15.0 Å². The van der Waals surface area contributed by atoms with Gasteiger partial charge in [0, 0.05) is 23.2 Å². The number of hydrogen-bond donors (Lipinski definition) is 0. The van der Waals surface area contributed by atoms with Crippen LogP contribution in [0.5, 0.6) is 17.4 Å². The van der Waals surface area contributed by atoms with Gasteiger partial charge in [0.25, 0.3) is 5.88 Å². The van der Waals surface area contributed by atoms with Gasteiger partial charge in [0.1, 0.15) is 22.6 Å². The van der Waals surface area contributed by atoms with Crippen LogP contribution in [0, 0.1) is 18.8 Å². The number of methoxy groups -OCH3 is 1. The van der Waals surface area contributed by atoms with Gasteiger partial charge in [-0.15, -0.1) is 0 Å². The van der Waals surface area contributed by atoms with Crippen LogP contribution in [0.1, 0.15) is 17.0 Å². The lowest BCUT2D eigenvalue weighted by Gasteiger charge is -2.08. The summed E-state index contributed by atoms with van der Waals surface area (Å²) in [5.74, 6) is 8.39. The van der Waals surface area contributed by atoms with Gasteiger partial charge in [0.15, 0.2) is 17.1 Å². The molecule has 6 nitrogen and oxygen atoms in total. The second-order valence-corrected chi connectivity index (χ2v) is 8.43. The van der Waals surface area contributed by atoms with Crippen LogP contribution in [-0.4, -0.2) is 22.1 Å². The Bertz CT molecular complexity index is 1810. The van der Waals surface area contributed by atoms with E-state index in [2.05, 4.69) is 51.9 Å². The number of aryl methyl sites for hydroxylation is 1. The Morgan fingerprint density at radius 3 is 2.54 bits per heavy atom. The Morgan fingerprint density at radius 1 is 0.811 bits per heavy atom. The molecule has 0 aliphatic carbocycles. The number of hydrogen-bond acceptors (Lipinski definition) is 6. The van der Waals surface area contributed by atoms with Crippen molar-refractivity contribution >= 4 is 22.1 Å². The number of aromatic nitrogens is 3. The zero-order valence-corrected chi connectivity index (χ0v) is 20.2. The predicted octanol–water partition coefficient (Wildman–Crippen LogP) is 6.95. The van der Waals surface area contributed by atoms with Crippen molar-refractivity contribution in [2.75, 3.05) is 7.11 Å². The van der Waals surface area contributed by atoms with E-state index < -0.39 is 0 Å². The molecule has 0 aliphatic heterocycles. The molecule has 3 aromatic carbocycles. The minimum absolute atomic E-state index is 0.273. The topological polar surface area (TPSA) is 70.3 Å². The maximum absolute atomic E-state index is 6.21. The molecule has 0 saturated heterocycles. The fraction of sp³-hybridized carbons (Fsp3) is 0.0645. The largest absolute Gasteiger partial charge is 0.497 e. The fourth-order valence-corrected chi connectivity index (χ4v) is 4.11. The first kappa shape index (κ1) is 22.3. The number of rotatable bonds is 4. The van der Waals surface area contributed by atoms with Gasteiger partial charge in [0.05, 0.1) is 7.11 Å². The summed E-state index contributed by atoms with van der Waals surface area (Å²) in [5.41, 5.74) is 5.32. The monoisotopic (exact) mass is 483 g/mol. The third-order valence-electron chi connectivity index (χ3n) is 5.86. The Morgan fingerprint density at radius 2 is 1.68 bits per heavy atom. The van der Waals surface area contributed by atoms with Crippen LogP contribution in [0.15, 0.2) is 95.5 Å². The highest BCUT2D eigenvalue weighted by Crippen LogP contribution is 2.35. The molecular weight excluding hydrogens is 462 g/mol. The van der Waals surface area contributed by atoms with E-state index in [1.807, 2.05) is 54.6 Å².